The average Bonchev–Trinajstić information content (AvgIpc) is 2.60. The van der Waals surface area contributed by atoms with Crippen LogP contribution in [-0.2, 0) is 0 Å². The van der Waals surface area contributed by atoms with Crippen LogP contribution in [0.1, 0.15) is 0 Å². The Hall–Kier alpha value is -1.33. The average molecular weight is 183 g/mol. The Morgan fingerprint density at radius 1 is 1.50 bits per heavy atom. The first-order valence-corrected chi connectivity index (χ1v) is 4.08. The molecule has 2 aromatic heterocycles. The van der Waals surface area contributed by atoms with Crippen molar-refractivity contribution in [3.63, 3.8) is 0 Å². The number of hydrogen-bond acceptors (Lipinski definition) is 5. The van der Waals surface area contributed by atoms with Crippen molar-refractivity contribution in [1.82, 2.24) is 11.1 Å². The predicted molar refractivity (Wildman–Crippen MR) is 49.1 cm³/mol. The Morgan fingerprint density at radius 2 is 2.42 bits per heavy atom. The fourth-order valence-electron chi connectivity index (χ4n) is 0.744. The molecule has 0 spiro atoms. The molecule has 0 aliphatic rings. The molecule has 0 aliphatic carbocycles. The van der Waals surface area contributed by atoms with Gasteiger partial charge in [0, 0.05) is 5.38 Å². The third-order valence-electron chi connectivity index (χ3n) is 1.20. The van der Waals surface area contributed by atoms with Crippen molar-refractivity contribution in [2.45, 2.75) is 0 Å². The van der Waals surface area contributed by atoms with Crippen LogP contribution in [0.5, 0.6) is 0 Å². The Kier molecular flexibility index (Phi) is 2.84. The lowest BCUT2D eigenvalue weighted by molar-refractivity contribution is 0.578. The number of thiophene rings is 1. The van der Waals surface area contributed by atoms with Gasteiger partial charge in [-0.2, -0.15) is 11.3 Å². The second-order valence-electron chi connectivity index (χ2n) is 1.97. The number of nitrogens with zero attached hydrogens (tertiary/aromatic N) is 1. The van der Waals surface area contributed by atoms with E-state index in [1.54, 1.807) is 17.5 Å². The number of aromatic nitrogens is 1. The van der Waals surface area contributed by atoms with E-state index in [1.165, 1.54) is 6.26 Å². The van der Waals surface area contributed by atoms with Gasteiger partial charge in [-0.25, -0.2) is 4.98 Å². The SMILES string of the molecule is N.c1coc(Nc2ccsc2)n1. The molecule has 4 N–H and O–H groups in total. The molecule has 0 saturated heterocycles. The van der Waals surface area contributed by atoms with Crippen LogP contribution in [-0.4, -0.2) is 4.98 Å². The van der Waals surface area contributed by atoms with Crippen molar-refractivity contribution in [3.8, 4) is 0 Å². The van der Waals surface area contributed by atoms with Crippen molar-refractivity contribution in [1.29, 1.82) is 0 Å². The maximum absolute atomic E-state index is 4.99. The summed E-state index contributed by atoms with van der Waals surface area (Å²) in [5, 5.41) is 6.98. The van der Waals surface area contributed by atoms with Gasteiger partial charge in [0.2, 0.25) is 0 Å². The van der Waals surface area contributed by atoms with Gasteiger partial charge in [0.1, 0.15) is 6.26 Å². The Balaban J connectivity index is 0.000000720. The lowest BCUT2D eigenvalue weighted by Crippen LogP contribution is -1.86. The smallest absolute Gasteiger partial charge is 0.299 e. The minimum absolute atomic E-state index is 0. The van der Waals surface area contributed by atoms with E-state index in [4.69, 9.17) is 4.42 Å². The molecule has 2 aromatic rings. The summed E-state index contributed by atoms with van der Waals surface area (Å²) >= 11 is 1.63. The van der Waals surface area contributed by atoms with Gasteiger partial charge in [-0.15, -0.1) is 0 Å². The summed E-state index contributed by atoms with van der Waals surface area (Å²) in [6.45, 7) is 0. The molecule has 5 heteroatoms. The highest BCUT2D eigenvalue weighted by molar-refractivity contribution is 7.08. The zero-order valence-electron chi connectivity index (χ0n) is 6.36. The molecule has 64 valence electrons. The van der Waals surface area contributed by atoms with E-state index < -0.39 is 0 Å². The number of nitrogens with one attached hydrogen (secondary N) is 1. The molecule has 0 aliphatic heterocycles. The molecule has 12 heavy (non-hydrogen) atoms. The van der Waals surface area contributed by atoms with Crippen molar-refractivity contribution >= 4 is 23.0 Å². The van der Waals surface area contributed by atoms with Crippen LogP contribution >= 0.6 is 11.3 Å². The Bertz CT molecular complexity index is 271. The summed E-state index contributed by atoms with van der Waals surface area (Å²) in [6.07, 6.45) is 3.14. The topological polar surface area (TPSA) is 73.1 Å². The van der Waals surface area contributed by atoms with Crippen LogP contribution in [0.4, 0.5) is 11.7 Å². The lowest BCUT2D eigenvalue weighted by atomic mass is 10.5. The van der Waals surface area contributed by atoms with E-state index in [-0.39, 0.29) is 6.15 Å². The third kappa shape index (κ3) is 1.84. The minimum atomic E-state index is 0. The largest absolute Gasteiger partial charge is 0.432 e. The van der Waals surface area contributed by atoms with Crippen molar-refractivity contribution in [2.24, 2.45) is 0 Å². The standard InChI is InChI=1S/C7H6N2OS.H3N/c1-4-11-5-6(1)9-7-8-2-3-10-7;/h1-5H,(H,8,9);1H3. The molecule has 0 aromatic carbocycles. The molecule has 0 fully saturated rings. The molecule has 0 bridgehead atoms. The van der Waals surface area contributed by atoms with Gasteiger partial charge >= 0.3 is 0 Å². The first kappa shape index (κ1) is 8.76. The van der Waals surface area contributed by atoms with Gasteiger partial charge in [-0.3, -0.25) is 0 Å². The fourth-order valence-corrected chi connectivity index (χ4v) is 1.33. The van der Waals surface area contributed by atoms with Gasteiger partial charge in [-0.1, -0.05) is 0 Å². The zero-order chi connectivity index (χ0) is 7.52. The predicted octanol–water partition coefficient (Wildman–Crippen LogP) is 2.64. The van der Waals surface area contributed by atoms with E-state index in [0.29, 0.717) is 6.01 Å². The monoisotopic (exact) mass is 183 g/mol. The van der Waals surface area contributed by atoms with Crippen molar-refractivity contribution in [3.05, 3.63) is 29.3 Å². The molecule has 0 saturated carbocycles. The molecular weight excluding hydrogens is 174 g/mol. The summed E-state index contributed by atoms with van der Waals surface area (Å²) in [6, 6.07) is 2.50. The summed E-state index contributed by atoms with van der Waals surface area (Å²) in [5.41, 5.74) is 1.01. The maximum Gasteiger partial charge on any atom is 0.299 e. The van der Waals surface area contributed by atoms with Crippen LogP contribution in [0.25, 0.3) is 0 Å². The number of anilines is 2. The van der Waals surface area contributed by atoms with E-state index in [1.807, 2.05) is 16.8 Å². The summed E-state index contributed by atoms with van der Waals surface area (Å²) < 4.78 is 4.99. The normalized spacial score (nSPS) is 9.00. The molecule has 0 unspecified atom stereocenters. The molecule has 0 amide bonds. The molecule has 0 atom stereocenters. The summed E-state index contributed by atoms with van der Waals surface area (Å²) in [5.74, 6) is 0. The highest BCUT2D eigenvalue weighted by Crippen LogP contribution is 2.16. The second-order valence-corrected chi connectivity index (χ2v) is 2.75. The second kappa shape index (κ2) is 3.89. The van der Waals surface area contributed by atoms with Gasteiger partial charge in [0.05, 0.1) is 11.9 Å². The third-order valence-corrected chi connectivity index (χ3v) is 1.89. The zero-order valence-corrected chi connectivity index (χ0v) is 7.17. The fraction of sp³-hybridized carbons (Fsp3) is 0. The van der Waals surface area contributed by atoms with Gasteiger partial charge in [-0.05, 0) is 11.4 Å². The Morgan fingerprint density at radius 3 is 3.00 bits per heavy atom. The van der Waals surface area contributed by atoms with Crippen molar-refractivity contribution < 1.29 is 4.42 Å². The van der Waals surface area contributed by atoms with Crippen LogP contribution in [0.3, 0.4) is 0 Å². The van der Waals surface area contributed by atoms with E-state index in [9.17, 15) is 0 Å². The van der Waals surface area contributed by atoms with E-state index in [2.05, 4.69) is 10.3 Å². The van der Waals surface area contributed by atoms with Crippen LogP contribution in [0.15, 0.2) is 33.7 Å². The molecular formula is C7H9N3OS. The highest BCUT2D eigenvalue weighted by atomic mass is 32.1. The van der Waals surface area contributed by atoms with Gasteiger partial charge in [0.15, 0.2) is 0 Å². The maximum atomic E-state index is 4.99. The number of hydrogen-bond donors (Lipinski definition) is 2. The van der Waals surface area contributed by atoms with Crippen LogP contribution < -0.4 is 11.5 Å². The van der Waals surface area contributed by atoms with Gasteiger partial charge in [0.25, 0.3) is 6.01 Å². The first-order valence-electron chi connectivity index (χ1n) is 3.14. The molecule has 0 radical (unpaired) electrons. The summed E-state index contributed by atoms with van der Waals surface area (Å²) in [7, 11) is 0. The summed E-state index contributed by atoms with van der Waals surface area (Å²) in [4.78, 5) is 3.92. The minimum Gasteiger partial charge on any atom is -0.432 e. The van der Waals surface area contributed by atoms with E-state index in [0.717, 1.165) is 5.69 Å². The van der Waals surface area contributed by atoms with Crippen LogP contribution in [0.2, 0.25) is 0 Å². The highest BCUT2D eigenvalue weighted by Gasteiger charge is 1.96. The number of oxazole rings is 1. The van der Waals surface area contributed by atoms with Crippen LogP contribution in [0, 0.1) is 0 Å². The Labute approximate surface area is 73.8 Å². The van der Waals surface area contributed by atoms with Crippen molar-refractivity contribution in [2.75, 3.05) is 5.32 Å². The number of rotatable bonds is 2. The van der Waals surface area contributed by atoms with E-state index >= 15 is 0 Å². The first-order chi connectivity index (χ1) is 5.45. The molecule has 2 heterocycles. The molecule has 4 nitrogen and oxygen atoms in total. The quantitative estimate of drug-likeness (QED) is 0.750. The van der Waals surface area contributed by atoms with Gasteiger partial charge < -0.3 is 15.9 Å². The molecule has 2 rings (SSSR count). The lowest BCUT2D eigenvalue weighted by Gasteiger charge is -1.94.